The van der Waals surface area contributed by atoms with Gasteiger partial charge in [0, 0.05) is 32.3 Å². The van der Waals surface area contributed by atoms with Crippen molar-refractivity contribution in [2.45, 2.75) is 13.3 Å². The van der Waals surface area contributed by atoms with Crippen LogP contribution in [0.4, 0.5) is 0 Å². The Kier molecular flexibility index (Phi) is 8.32. The molecule has 10 radical (unpaired) electrons. The van der Waals surface area contributed by atoms with E-state index in [2.05, 4.69) is 151 Å². The molecule has 0 aliphatic rings. The first-order valence-electron chi connectivity index (χ1n) is 19.7. The zero-order valence-corrected chi connectivity index (χ0v) is 33.1. The van der Waals surface area contributed by atoms with Crippen LogP contribution >= 0.6 is 11.3 Å². The van der Waals surface area contributed by atoms with E-state index in [0.29, 0.717) is 16.5 Å². The molecule has 0 fully saturated rings. The summed E-state index contributed by atoms with van der Waals surface area (Å²) in [5.41, 5.74) is 10.4. The van der Waals surface area contributed by atoms with E-state index in [9.17, 15) is 0 Å². The second-order valence-electron chi connectivity index (χ2n) is 15.2. The number of hydrogen-bond acceptors (Lipinski definition) is 2. The molecule has 264 valence electrons. The predicted octanol–water partition coefficient (Wildman–Crippen LogP) is 8.39. The lowest BCUT2D eigenvalue weighted by Crippen LogP contribution is -2.55. The number of aryl methyl sites for hydroxylation is 1. The van der Waals surface area contributed by atoms with Crippen molar-refractivity contribution >= 4 is 141 Å². The molecule has 9 aromatic carbocycles. The fourth-order valence-electron chi connectivity index (χ4n) is 9.21. The van der Waals surface area contributed by atoms with E-state index in [1.165, 1.54) is 20.2 Å². The number of nitrogens with zero attached hydrogens (tertiary/aromatic N) is 2. The molecule has 59 heavy (non-hydrogen) atoms. The highest BCUT2D eigenvalue weighted by Crippen LogP contribution is 2.48. The average molecular weight is 756 g/mol. The molecule has 0 amide bonds. The van der Waals surface area contributed by atoms with Crippen molar-refractivity contribution in [1.29, 1.82) is 0 Å². The summed E-state index contributed by atoms with van der Waals surface area (Å²) >= 11 is 1.82. The number of imidazole rings is 1. The zero-order valence-electron chi connectivity index (χ0n) is 32.3. The van der Waals surface area contributed by atoms with E-state index in [0.717, 1.165) is 89.1 Å². The lowest BCUT2D eigenvalue weighted by molar-refractivity contribution is 0.909. The maximum Gasteiger partial charge on any atom is 0.114 e. The second kappa shape index (κ2) is 13.7. The van der Waals surface area contributed by atoms with E-state index < -0.39 is 0 Å². The number of thiophene rings is 1. The maximum atomic E-state index is 6.71. The summed E-state index contributed by atoms with van der Waals surface area (Å²) in [5.74, 6) is 1.04. The fourth-order valence-corrected chi connectivity index (χ4v) is 10.3. The van der Waals surface area contributed by atoms with Gasteiger partial charge in [0.15, 0.2) is 0 Å². The number of hydrogen-bond donors (Lipinski definition) is 0. The van der Waals surface area contributed by atoms with E-state index in [1.807, 2.05) is 17.4 Å². The Hall–Kier alpha value is -6.23. The zero-order chi connectivity index (χ0) is 40.1. The smallest absolute Gasteiger partial charge is 0.114 e. The fraction of sp³-hybridized carbons (Fsp3) is 0.0392. The van der Waals surface area contributed by atoms with Crippen LogP contribution in [-0.4, -0.2) is 48.8 Å². The molecular weight excluding hydrogens is 727 g/mol. The minimum atomic E-state index is 0.196. The summed E-state index contributed by atoms with van der Waals surface area (Å²) in [7, 11) is 32.5. The number of rotatable bonds is 5. The van der Waals surface area contributed by atoms with Gasteiger partial charge in [-0.3, -0.25) is 4.57 Å². The van der Waals surface area contributed by atoms with Crippen LogP contribution < -0.4 is 27.3 Å². The van der Waals surface area contributed by atoms with E-state index in [-0.39, 0.29) is 16.4 Å². The molecular formula is C51H29B5N2S. The monoisotopic (exact) mass is 756 g/mol. The van der Waals surface area contributed by atoms with Gasteiger partial charge in [-0.1, -0.05) is 115 Å². The van der Waals surface area contributed by atoms with Crippen molar-refractivity contribution in [3.05, 3.63) is 151 Å². The number of benzene rings is 9. The van der Waals surface area contributed by atoms with Crippen molar-refractivity contribution in [2.24, 2.45) is 0 Å². The van der Waals surface area contributed by atoms with Crippen LogP contribution in [0.2, 0.25) is 0 Å². The number of fused-ring (bicyclic) bond motifs is 7. The third-order valence-electron chi connectivity index (χ3n) is 12.0. The molecule has 0 unspecified atom stereocenters. The molecule has 0 saturated carbocycles. The molecule has 0 atom stereocenters. The first-order valence-corrected chi connectivity index (χ1v) is 20.5. The minimum Gasteiger partial charge on any atom is -0.296 e. The maximum absolute atomic E-state index is 6.71. The molecule has 0 aliphatic carbocycles. The number of para-hydroxylation sites is 2. The van der Waals surface area contributed by atoms with Gasteiger partial charge < -0.3 is 0 Å². The third kappa shape index (κ3) is 5.42. The van der Waals surface area contributed by atoms with Crippen LogP contribution in [0.15, 0.2) is 146 Å². The molecule has 11 rings (SSSR count). The third-order valence-corrected chi connectivity index (χ3v) is 13.1. The van der Waals surface area contributed by atoms with Gasteiger partial charge in [-0.2, -0.15) is 0 Å². The number of aromatic nitrogens is 2. The van der Waals surface area contributed by atoms with Gasteiger partial charge in [-0.25, -0.2) is 4.98 Å². The van der Waals surface area contributed by atoms with Gasteiger partial charge in [0.05, 0.1) is 11.0 Å². The quantitative estimate of drug-likeness (QED) is 0.128. The van der Waals surface area contributed by atoms with Crippen LogP contribution in [0, 0.1) is 0 Å². The van der Waals surface area contributed by atoms with E-state index >= 15 is 0 Å². The van der Waals surface area contributed by atoms with Gasteiger partial charge in [-0.05, 0) is 114 Å². The summed E-state index contributed by atoms with van der Waals surface area (Å²) in [4.78, 5) is 4.94. The average Bonchev–Trinajstić information content (AvgIpc) is 3.85. The molecule has 11 aromatic rings. The Balaban J connectivity index is 1.20. The van der Waals surface area contributed by atoms with Crippen LogP contribution in [0.5, 0.6) is 0 Å². The van der Waals surface area contributed by atoms with Gasteiger partial charge in [0.2, 0.25) is 0 Å². The Morgan fingerprint density at radius 1 is 0.492 bits per heavy atom. The minimum absolute atomic E-state index is 0.196. The predicted molar refractivity (Wildman–Crippen MR) is 259 cm³/mol. The molecule has 0 bridgehead atoms. The first-order chi connectivity index (χ1) is 28.8. The summed E-state index contributed by atoms with van der Waals surface area (Å²) in [6.45, 7) is 2.15. The van der Waals surface area contributed by atoms with E-state index in [4.69, 9.17) is 44.2 Å². The highest BCUT2D eigenvalue weighted by atomic mass is 32.1. The summed E-state index contributed by atoms with van der Waals surface area (Å²) in [6, 6.07) is 52.3. The van der Waals surface area contributed by atoms with Gasteiger partial charge in [0.1, 0.15) is 45.1 Å². The van der Waals surface area contributed by atoms with Crippen LogP contribution in [0.25, 0.3) is 103 Å². The lowest BCUT2D eigenvalue weighted by atomic mass is 9.59. The molecule has 2 aromatic heterocycles. The highest BCUT2D eigenvalue weighted by molar-refractivity contribution is 7.26. The second-order valence-corrected chi connectivity index (χ2v) is 16.3. The molecule has 0 aliphatic heterocycles. The summed E-state index contributed by atoms with van der Waals surface area (Å²) in [5, 5.41) is 9.22. The Morgan fingerprint density at radius 3 is 1.90 bits per heavy atom. The molecule has 2 nitrogen and oxygen atoms in total. The SMILES string of the molecule is [B]c1c([B])c([B])c(-c2ccc3c(-c4ccc5cc(-n6c(CC)nc7ccccc76)ccc5c4)c4ccccc4c(-c4cccc5sc6ccccc6c45)c3c2)c([B])c1[B]. The Morgan fingerprint density at radius 2 is 1.10 bits per heavy atom. The van der Waals surface area contributed by atoms with Crippen LogP contribution in [0.3, 0.4) is 0 Å². The van der Waals surface area contributed by atoms with Crippen molar-refractivity contribution < 1.29 is 0 Å². The van der Waals surface area contributed by atoms with E-state index in [1.54, 1.807) is 0 Å². The highest BCUT2D eigenvalue weighted by Gasteiger charge is 2.22. The Labute approximate surface area is 353 Å². The Bertz CT molecular complexity index is 3540. The standard InChI is InChI=1S/C51H29B5N2S/c1-2-42-57-38-14-6-7-15-39(38)58(42)31-22-20-27-24-29(19-18-28(27)25-31)43-32-10-3-4-11-33(32)45(36-13-9-17-41-46(36)35-12-5-8-16-40(35)59-41)37-26-30(21-23-34(37)43)44-47(52)49(54)51(56)50(55)48(44)53/h3-26H,2H2,1H3. The molecule has 2 heterocycles. The lowest BCUT2D eigenvalue weighted by Gasteiger charge is -2.23. The summed E-state index contributed by atoms with van der Waals surface area (Å²) < 4.78 is 4.76. The molecule has 0 spiro atoms. The van der Waals surface area contributed by atoms with Crippen molar-refractivity contribution in [3.8, 4) is 39.1 Å². The van der Waals surface area contributed by atoms with Crippen molar-refractivity contribution in [2.75, 3.05) is 0 Å². The van der Waals surface area contributed by atoms with Crippen LogP contribution in [0.1, 0.15) is 12.7 Å². The molecule has 0 saturated heterocycles. The van der Waals surface area contributed by atoms with Gasteiger partial charge >= 0.3 is 0 Å². The molecule has 8 heteroatoms. The normalized spacial score (nSPS) is 11.9. The van der Waals surface area contributed by atoms with Gasteiger partial charge in [0.25, 0.3) is 0 Å². The van der Waals surface area contributed by atoms with Crippen molar-refractivity contribution in [1.82, 2.24) is 9.55 Å². The van der Waals surface area contributed by atoms with Crippen LogP contribution in [-0.2, 0) is 6.42 Å². The summed E-state index contributed by atoms with van der Waals surface area (Å²) in [6.07, 6.45) is 0.832. The molecule has 0 N–H and O–H groups in total. The first kappa shape index (κ1) is 35.9. The van der Waals surface area contributed by atoms with Crippen molar-refractivity contribution in [3.63, 3.8) is 0 Å². The largest absolute Gasteiger partial charge is 0.296 e. The topological polar surface area (TPSA) is 17.8 Å². The van der Waals surface area contributed by atoms with Gasteiger partial charge in [-0.15, -0.1) is 27.7 Å².